The zero-order chi connectivity index (χ0) is 14.8. The summed E-state index contributed by atoms with van der Waals surface area (Å²) in [6.07, 6.45) is 0. The van der Waals surface area contributed by atoms with E-state index in [4.69, 9.17) is 5.84 Å². The van der Waals surface area contributed by atoms with Gasteiger partial charge in [-0.05, 0) is 19.3 Å². The average Bonchev–Trinajstić information content (AvgIpc) is 2.30. The Labute approximate surface area is 116 Å². The maximum atomic E-state index is 5.54. The van der Waals surface area contributed by atoms with E-state index in [1.165, 1.54) is 0 Å². The van der Waals surface area contributed by atoms with Crippen LogP contribution in [0.3, 0.4) is 0 Å². The van der Waals surface area contributed by atoms with Crippen molar-refractivity contribution in [2.45, 2.75) is 60.4 Å². The van der Waals surface area contributed by atoms with Gasteiger partial charge in [0, 0.05) is 17.5 Å². The molecular formula is C14H27N5. The Morgan fingerprint density at radius 1 is 1.05 bits per heavy atom. The van der Waals surface area contributed by atoms with E-state index in [1.807, 2.05) is 6.92 Å². The van der Waals surface area contributed by atoms with Gasteiger partial charge in [0.05, 0.1) is 0 Å². The van der Waals surface area contributed by atoms with Crippen molar-refractivity contribution < 1.29 is 0 Å². The van der Waals surface area contributed by atoms with E-state index in [-0.39, 0.29) is 11.3 Å². The number of anilines is 2. The van der Waals surface area contributed by atoms with E-state index in [0.717, 1.165) is 17.2 Å². The largest absolute Gasteiger partial charge is 0.367 e. The number of nitrogen functional groups attached to an aromatic ring is 1. The first-order chi connectivity index (χ1) is 8.66. The second-order valence-corrected chi connectivity index (χ2v) is 6.44. The van der Waals surface area contributed by atoms with Gasteiger partial charge in [0.25, 0.3) is 0 Å². The third kappa shape index (κ3) is 3.80. The lowest BCUT2D eigenvalue weighted by Crippen LogP contribution is -2.32. The maximum Gasteiger partial charge on any atom is 0.148 e. The number of hydrazine groups is 1. The number of aromatic nitrogens is 2. The molecule has 1 aromatic heterocycles. The Kier molecular flexibility index (Phi) is 4.74. The fourth-order valence-electron chi connectivity index (χ4n) is 1.49. The minimum Gasteiger partial charge on any atom is -0.367 e. The Balaban J connectivity index is 3.15. The minimum atomic E-state index is 0.158. The van der Waals surface area contributed by atoms with Crippen molar-refractivity contribution in [1.82, 2.24) is 9.97 Å². The molecule has 0 aliphatic heterocycles. The van der Waals surface area contributed by atoms with Crippen molar-refractivity contribution in [3.05, 3.63) is 11.4 Å². The number of nitrogens with zero attached hydrogens (tertiary/aromatic N) is 2. The molecule has 0 saturated carbocycles. The summed E-state index contributed by atoms with van der Waals surface area (Å²) in [5, 5.41) is 3.47. The molecule has 108 valence electrons. The summed E-state index contributed by atoms with van der Waals surface area (Å²) < 4.78 is 0. The van der Waals surface area contributed by atoms with E-state index in [0.29, 0.717) is 11.9 Å². The molecule has 0 fully saturated rings. The summed E-state index contributed by atoms with van der Waals surface area (Å²) in [4.78, 5) is 9.05. The van der Waals surface area contributed by atoms with Crippen LogP contribution < -0.4 is 16.6 Å². The van der Waals surface area contributed by atoms with Gasteiger partial charge in [-0.1, -0.05) is 34.6 Å². The molecule has 0 saturated heterocycles. The van der Waals surface area contributed by atoms with Crippen LogP contribution in [0.1, 0.15) is 58.8 Å². The highest BCUT2D eigenvalue weighted by molar-refractivity contribution is 5.57. The summed E-state index contributed by atoms with van der Waals surface area (Å²) in [7, 11) is 0. The summed E-state index contributed by atoms with van der Waals surface area (Å²) in [5.74, 6) is 8.13. The highest BCUT2D eigenvalue weighted by atomic mass is 15.3. The third-order valence-electron chi connectivity index (χ3n) is 3.47. The highest BCUT2D eigenvalue weighted by Gasteiger charge is 2.22. The lowest BCUT2D eigenvalue weighted by atomic mass is 9.88. The van der Waals surface area contributed by atoms with Gasteiger partial charge in [0.15, 0.2) is 0 Å². The Hall–Kier alpha value is -1.36. The molecule has 0 amide bonds. The first kappa shape index (κ1) is 15.7. The molecule has 4 N–H and O–H groups in total. The zero-order valence-corrected chi connectivity index (χ0v) is 13.1. The van der Waals surface area contributed by atoms with E-state index >= 15 is 0 Å². The van der Waals surface area contributed by atoms with E-state index < -0.39 is 0 Å². The van der Waals surface area contributed by atoms with Crippen LogP contribution in [0, 0.1) is 12.3 Å². The normalized spacial score (nSPS) is 13.5. The van der Waals surface area contributed by atoms with Crippen molar-refractivity contribution in [2.75, 3.05) is 10.7 Å². The van der Waals surface area contributed by atoms with Crippen molar-refractivity contribution in [3.8, 4) is 0 Å². The van der Waals surface area contributed by atoms with E-state index in [2.05, 4.69) is 62.3 Å². The second kappa shape index (κ2) is 5.74. The third-order valence-corrected chi connectivity index (χ3v) is 3.47. The van der Waals surface area contributed by atoms with Gasteiger partial charge >= 0.3 is 0 Å². The molecule has 1 unspecified atom stereocenters. The maximum absolute atomic E-state index is 5.54. The molecule has 1 heterocycles. The van der Waals surface area contributed by atoms with Crippen LogP contribution in [0.5, 0.6) is 0 Å². The number of hydrogen-bond donors (Lipinski definition) is 3. The van der Waals surface area contributed by atoms with Crippen molar-refractivity contribution >= 4 is 11.6 Å². The van der Waals surface area contributed by atoms with Crippen LogP contribution in [0.4, 0.5) is 11.6 Å². The monoisotopic (exact) mass is 265 g/mol. The lowest BCUT2D eigenvalue weighted by Gasteiger charge is -2.29. The molecule has 0 aliphatic carbocycles. The number of hydrogen-bond acceptors (Lipinski definition) is 5. The Morgan fingerprint density at radius 3 is 2.00 bits per heavy atom. The SMILES string of the molecule is Cc1c(NN)nc(C(C)C)nc1NC(C)C(C)(C)C. The van der Waals surface area contributed by atoms with Gasteiger partial charge in [-0.3, -0.25) is 0 Å². The molecule has 0 aromatic carbocycles. The van der Waals surface area contributed by atoms with Crippen LogP contribution in [0.2, 0.25) is 0 Å². The van der Waals surface area contributed by atoms with Gasteiger partial charge in [0.1, 0.15) is 17.5 Å². The van der Waals surface area contributed by atoms with Gasteiger partial charge in [0.2, 0.25) is 0 Å². The molecule has 5 nitrogen and oxygen atoms in total. The topological polar surface area (TPSA) is 75.9 Å². The zero-order valence-electron chi connectivity index (χ0n) is 13.1. The predicted octanol–water partition coefficient (Wildman–Crippen LogP) is 3.04. The molecular weight excluding hydrogens is 238 g/mol. The summed E-state index contributed by atoms with van der Waals surface area (Å²) >= 11 is 0. The molecule has 1 atom stereocenters. The van der Waals surface area contributed by atoms with Gasteiger partial charge in [-0.15, -0.1) is 0 Å². The fraction of sp³-hybridized carbons (Fsp3) is 0.714. The van der Waals surface area contributed by atoms with Crippen LogP contribution in [-0.4, -0.2) is 16.0 Å². The predicted molar refractivity (Wildman–Crippen MR) is 81.2 cm³/mol. The fourth-order valence-corrected chi connectivity index (χ4v) is 1.49. The van der Waals surface area contributed by atoms with Crippen molar-refractivity contribution in [2.24, 2.45) is 11.3 Å². The number of rotatable bonds is 4. The van der Waals surface area contributed by atoms with Gasteiger partial charge in [-0.2, -0.15) is 0 Å². The lowest BCUT2D eigenvalue weighted by molar-refractivity contribution is 0.358. The minimum absolute atomic E-state index is 0.158. The molecule has 1 aromatic rings. The summed E-state index contributed by atoms with van der Waals surface area (Å²) in [6, 6.07) is 0.298. The van der Waals surface area contributed by atoms with Crippen LogP contribution in [0.25, 0.3) is 0 Å². The van der Waals surface area contributed by atoms with E-state index in [9.17, 15) is 0 Å². The highest BCUT2D eigenvalue weighted by Crippen LogP contribution is 2.27. The summed E-state index contributed by atoms with van der Waals surface area (Å²) in [6.45, 7) is 14.9. The first-order valence-electron chi connectivity index (χ1n) is 6.78. The first-order valence-corrected chi connectivity index (χ1v) is 6.78. The Morgan fingerprint density at radius 2 is 1.58 bits per heavy atom. The second-order valence-electron chi connectivity index (χ2n) is 6.44. The molecule has 0 radical (unpaired) electrons. The molecule has 1 rings (SSSR count). The molecule has 0 bridgehead atoms. The van der Waals surface area contributed by atoms with Crippen molar-refractivity contribution in [1.29, 1.82) is 0 Å². The molecule has 5 heteroatoms. The number of nitrogens with two attached hydrogens (primary N) is 1. The molecule has 0 aliphatic rings. The average molecular weight is 265 g/mol. The van der Waals surface area contributed by atoms with E-state index in [1.54, 1.807) is 0 Å². The quantitative estimate of drug-likeness (QED) is 0.576. The van der Waals surface area contributed by atoms with Gasteiger partial charge < -0.3 is 10.7 Å². The standard InChI is InChI=1S/C14H27N5/c1-8(2)11-17-12(9(3)13(18-11)19-15)16-10(4)14(5,6)7/h8,10H,15H2,1-7H3,(H2,16,17,18,19). The Bertz CT molecular complexity index is 434. The van der Waals surface area contributed by atoms with Crippen molar-refractivity contribution in [3.63, 3.8) is 0 Å². The smallest absolute Gasteiger partial charge is 0.148 e. The van der Waals surface area contributed by atoms with Crippen LogP contribution in [-0.2, 0) is 0 Å². The summed E-state index contributed by atoms with van der Waals surface area (Å²) in [5.41, 5.74) is 3.76. The van der Waals surface area contributed by atoms with Crippen LogP contribution >= 0.6 is 0 Å². The molecule has 0 spiro atoms. The van der Waals surface area contributed by atoms with Gasteiger partial charge in [-0.25, -0.2) is 15.8 Å². The molecule has 19 heavy (non-hydrogen) atoms. The number of nitrogens with one attached hydrogen (secondary N) is 2. The van der Waals surface area contributed by atoms with Crippen LogP contribution in [0.15, 0.2) is 0 Å².